The lowest BCUT2D eigenvalue weighted by molar-refractivity contribution is 0.415. The highest BCUT2D eigenvalue weighted by molar-refractivity contribution is 7.99. The maximum absolute atomic E-state index is 9.85. The molecule has 0 atom stereocenters. The quantitative estimate of drug-likeness (QED) is 0.365. The number of pyridine rings is 1. The van der Waals surface area contributed by atoms with Crippen LogP contribution in [0, 0.1) is 11.3 Å². The van der Waals surface area contributed by atoms with Crippen molar-refractivity contribution in [1.82, 2.24) is 4.98 Å². The van der Waals surface area contributed by atoms with Crippen molar-refractivity contribution in [3.8, 4) is 34.2 Å². The van der Waals surface area contributed by atoms with Gasteiger partial charge in [0.05, 0.1) is 18.4 Å². The molecule has 0 N–H and O–H groups in total. The van der Waals surface area contributed by atoms with Crippen molar-refractivity contribution in [2.45, 2.75) is 24.8 Å². The van der Waals surface area contributed by atoms with Gasteiger partial charge >= 0.3 is 0 Å². The summed E-state index contributed by atoms with van der Waals surface area (Å²) in [6.45, 7) is 2.17. The van der Waals surface area contributed by atoms with Crippen molar-refractivity contribution in [2.24, 2.45) is 0 Å². The summed E-state index contributed by atoms with van der Waals surface area (Å²) in [5.74, 6) is 1.76. The summed E-state index contributed by atoms with van der Waals surface area (Å²) < 4.78 is 5.26. The zero-order chi connectivity index (χ0) is 19.1. The minimum absolute atomic E-state index is 0.640. The van der Waals surface area contributed by atoms with Gasteiger partial charge in [0, 0.05) is 11.1 Å². The number of rotatable bonds is 7. The first kappa shape index (κ1) is 19.0. The third-order valence-corrected chi connectivity index (χ3v) is 5.37. The van der Waals surface area contributed by atoms with Gasteiger partial charge in [-0.25, -0.2) is 4.98 Å². The predicted octanol–water partition coefficient (Wildman–Crippen LogP) is 6.19. The van der Waals surface area contributed by atoms with E-state index in [1.807, 2.05) is 60.7 Å². The Bertz CT molecular complexity index is 931. The number of methoxy groups -OCH3 is 1. The van der Waals surface area contributed by atoms with E-state index < -0.39 is 0 Å². The standard InChI is InChI=1S/C23H22N2OS/c1-3-4-14-27-23-21(16-24)20(17-10-12-19(26-2)13-11-17)15-22(25-23)18-8-6-5-7-9-18/h5-13,15H,3-4,14H2,1-2H3. The third kappa shape index (κ3) is 4.50. The second kappa shape index (κ2) is 9.25. The van der Waals surface area contributed by atoms with E-state index in [2.05, 4.69) is 13.0 Å². The number of unbranched alkanes of at least 4 members (excludes halogenated alkanes) is 1. The van der Waals surface area contributed by atoms with Gasteiger partial charge in [0.2, 0.25) is 0 Å². The highest BCUT2D eigenvalue weighted by Crippen LogP contribution is 2.35. The van der Waals surface area contributed by atoms with Crippen LogP contribution in [-0.4, -0.2) is 17.8 Å². The third-order valence-electron chi connectivity index (χ3n) is 4.31. The van der Waals surface area contributed by atoms with Gasteiger partial charge < -0.3 is 4.74 Å². The first-order valence-corrected chi connectivity index (χ1v) is 10.0. The molecule has 4 heteroatoms. The Balaban J connectivity index is 2.13. The van der Waals surface area contributed by atoms with Gasteiger partial charge in [-0.15, -0.1) is 11.8 Å². The fraction of sp³-hybridized carbons (Fsp3) is 0.217. The number of benzene rings is 2. The summed E-state index contributed by atoms with van der Waals surface area (Å²) in [5, 5.41) is 10.7. The molecule has 2 aromatic carbocycles. The van der Waals surface area contributed by atoms with Crippen LogP contribution >= 0.6 is 11.8 Å². The van der Waals surface area contributed by atoms with Crippen molar-refractivity contribution in [3.05, 3.63) is 66.2 Å². The van der Waals surface area contributed by atoms with Crippen molar-refractivity contribution in [2.75, 3.05) is 12.9 Å². The summed E-state index contributed by atoms with van der Waals surface area (Å²) in [5.41, 5.74) is 4.48. The normalized spacial score (nSPS) is 10.4. The van der Waals surface area contributed by atoms with Gasteiger partial charge in [0.15, 0.2) is 0 Å². The molecule has 0 radical (unpaired) electrons. The van der Waals surface area contributed by atoms with Crippen LogP contribution < -0.4 is 4.74 Å². The molecule has 1 heterocycles. The molecule has 0 bridgehead atoms. The lowest BCUT2D eigenvalue weighted by Crippen LogP contribution is -1.96. The topological polar surface area (TPSA) is 45.9 Å². The van der Waals surface area contributed by atoms with Crippen molar-refractivity contribution in [1.29, 1.82) is 5.26 Å². The number of nitrogens with zero attached hydrogens (tertiary/aromatic N) is 2. The van der Waals surface area contributed by atoms with Crippen molar-refractivity contribution < 1.29 is 4.74 Å². The molecule has 0 spiro atoms. The summed E-state index contributed by atoms with van der Waals surface area (Å²) in [4.78, 5) is 4.82. The van der Waals surface area contributed by atoms with Gasteiger partial charge in [0.25, 0.3) is 0 Å². The zero-order valence-electron chi connectivity index (χ0n) is 15.6. The Labute approximate surface area is 165 Å². The van der Waals surface area contributed by atoms with Crippen LogP contribution in [0.2, 0.25) is 0 Å². The van der Waals surface area contributed by atoms with E-state index in [0.717, 1.165) is 51.8 Å². The largest absolute Gasteiger partial charge is 0.497 e. The highest BCUT2D eigenvalue weighted by atomic mass is 32.2. The minimum atomic E-state index is 0.640. The lowest BCUT2D eigenvalue weighted by atomic mass is 9.99. The molecule has 27 heavy (non-hydrogen) atoms. The molecule has 136 valence electrons. The van der Waals surface area contributed by atoms with Gasteiger partial charge in [-0.3, -0.25) is 0 Å². The van der Waals surface area contributed by atoms with Crippen molar-refractivity contribution >= 4 is 11.8 Å². The Morgan fingerprint density at radius 2 is 1.78 bits per heavy atom. The summed E-state index contributed by atoms with van der Waals surface area (Å²) in [6.07, 6.45) is 2.23. The van der Waals surface area contributed by atoms with E-state index >= 15 is 0 Å². The molecule has 3 rings (SSSR count). The molecule has 0 unspecified atom stereocenters. The average Bonchev–Trinajstić information content (AvgIpc) is 2.74. The van der Waals surface area contributed by atoms with E-state index in [1.165, 1.54) is 0 Å². The second-order valence-corrected chi connectivity index (χ2v) is 7.23. The molecule has 0 fully saturated rings. The lowest BCUT2D eigenvalue weighted by Gasteiger charge is -2.13. The van der Waals surface area contributed by atoms with Gasteiger partial charge in [-0.05, 0) is 35.9 Å². The average molecular weight is 375 g/mol. The van der Waals surface area contributed by atoms with Gasteiger partial charge in [0.1, 0.15) is 16.8 Å². The SMILES string of the molecule is CCCCSc1nc(-c2ccccc2)cc(-c2ccc(OC)cc2)c1C#N. The van der Waals surface area contributed by atoms with Crippen LogP contribution in [-0.2, 0) is 0 Å². The van der Waals surface area contributed by atoms with Gasteiger partial charge in [-0.1, -0.05) is 55.8 Å². The molecule has 0 aliphatic heterocycles. The molecule has 1 aromatic heterocycles. The second-order valence-electron chi connectivity index (χ2n) is 6.14. The number of thioether (sulfide) groups is 1. The molecule has 0 amide bonds. The Kier molecular flexibility index (Phi) is 6.51. The molecule has 3 nitrogen and oxygen atoms in total. The minimum Gasteiger partial charge on any atom is -0.497 e. The maximum atomic E-state index is 9.85. The maximum Gasteiger partial charge on any atom is 0.118 e. The number of ether oxygens (including phenoxy) is 1. The molecule has 0 saturated carbocycles. The fourth-order valence-electron chi connectivity index (χ4n) is 2.80. The summed E-state index contributed by atoms with van der Waals surface area (Å²) >= 11 is 1.66. The molecule has 0 saturated heterocycles. The number of hydrogen-bond donors (Lipinski definition) is 0. The fourth-order valence-corrected chi connectivity index (χ4v) is 3.89. The Morgan fingerprint density at radius 1 is 1.04 bits per heavy atom. The van der Waals surface area contributed by atoms with Crippen molar-refractivity contribution in [3.63, 3.8) is 0 Å². The van der Waals surface area contributed by atoms with E-state index in [0.29, 0.717) is 5.56 Å². The Morgan fingerprint density at radius 3 is 2.41 bits per heavy atom. The number of aromatic nitrogens is 1. The van der Waals surface area contributed by atoms with Crippen LogP contribution in [0.25, 0.3) is 22.4 Å². The molecule has 3 aromatic rings. The van der Waals surface area contributed by atoms with Gasteiger partial charge in [-0.2, -0.15) is 5.26 Å². The predicted molar refractivity (Wildman–Crippen MR) is 112 cm³/mol. The van der Waals surface area contributed by atoms with Crippen LogP contribution in [0.4, 0.5) is 0 Å². The first-order valence-electron chi connectivity index (χ1n) is 9.04. The summed E-state index contributed by atoms with van der Waals surface area (Å²) in [7, 11) is 1.65. The molecular formula is C23H22N2OS. The molecular weight excluding hydrogens is 352 g/mol. The number of nitriles is 1. The first-order chi connectivity index (χ1) is 13.3. The number of hydrogen-bond acceptors (Lipinski definition) is 4. The zero-order valence-corrected chi connectivity index (χ0v) is 16.4. The van der Waals surface area contributed by atoms with E-state index in [-0.39, 0.29) is 0 Å². The highest BCUT2D eigenvalue weighted by Gasteiger charge is 2.15. The van der Waals surface area contributed by atoms with E-state index in [1.54, 1.807) is 18.9 Å². The smallest absolute Gasteiger partial charge is 0.118 e. The molecule has 0 aliphatic carbocycles. The van der Waals surface area contributed by atoms with E-state index in [9.17, 15) is 5.26 Å². The van der Waals surface area contributed by atoms with E-state index in [4.69, 9.17) is 9.72 Å². The van der Waals surface area contributed by atoms with Crippen LogP contribution in [0.3, 0.4) is 0 Å². The Hall–Kier alpha value is -2.77. The summed E-state index contributed by atoms with van der Waals surface area (Å²) in [6, 6.07) is 22.3. The molecule has 0 aliphatic rings. The monoisotopic (exact) mass is 374 g/mol. The van der Waals surface area contributed by atoms with Crippen LogP contribution in [0.15, 0.2) is 65.7 Å². The van der Waals surface area contributed by atoms with Crippen LogP contribution in [0.1, 0.15) is 25.3 Å². The van der Waals surface area contributed by atoms with Crippen LogP contribution in [0.5, 0.6) is 5.75 Å².